The van der Waals surface area contributed by atoms with Crippen LogP contribution in [0.4, 0.5) is 0 Å². The molecule has 90 valence electrons. The van der Waals surface area contributed by atoms with Gasteiger partial charge in [-0.3, -0.25) is 0 Å². The summed E-state index contributed by atoms with van der Waals surface area (Å²) in [6.07, 6.45) is 1.07. The molecule has 0 aliphatic rings. The van der Waals surface area contributed by atoms with E-state index in [1.807, 2.05) is 13.8 Å². The van der Waals surface area contributed by atoms with Crippen LogP contribution in [0.1, 0.15) is 22.6 Å². The first-order chi connectivity index (χ1) is 8.25. The van der Waals surface area contributed by atoms with Gasteiger partial charge in [0.25, 0.3) is 0 Å². The van der Waals surface area contributed by atoms with Crippen molar-refractivity contribution in [3.8, 4) is 0 Å². The second-order valence-electron chi connectivity index (χ2n) is 4.35. The van der Waals surface area contributed by atoms with E-state index >= 15 is 0 Å². The molecule has 0 fully saturated rings. The van der Waals surface area contributed by atoms with Crippen LogP contribution in [0.5, 0.6) is 0 Å². The Hall–Kier alpha value is -1.54. The molecule has 0 bridgehead atoms. The number of furan rings is 1. The first-order valence-corrected chi connectivity index (χ1v) is 6.06. The molecule has 2 aromatic rings. The molecule has 2 heteroatoms. The standard InChI is InChI=1S/C15H19NO/c1-12-10-15(13(2)17-12)11-16-9-8-14-6-4-3-5-7-14/h3-7,10,16H,8-9,11H2,1-2H3. The topological polar surface area (TPSA) is 25.2 Å². The summed E-state index contributed by atoms with van der Waals surface area (Å²) in [5.74, 6) is 2.01. The number of nitrogens with one attached hydrogen (secondary N) is 1. The molecule has 1 aromatic heterocycles. The van der Waals surface area contributed by atoms with Gasteiger partial charge in [-0.2, -0.15) is 0 Å². The molecule has 0 aliphatic carbocycles. The highest BCUT2D eigenvalue weighted by Crippen LogP contribution is 2.12. The predicted octanol–water partition coefficient (Wildman–Crippen LogP) is 3.23. The Balaban J connectivity index is 1.75. The van der Waals surface area contributed by atoms with Crippen LogP contribution in [0.2, 0.25) is 0 Å². The lowest BCUT2D eigenvalue weighted by molar-refractivity contribution is 0.499. The number of aryl methyl sites for hydroxylation is 2. The predicted molar refractivity (Wildman–Crippen MR) is 70.0 cm³/mol. The second kappa shape index (κ2) is 5.69. The zero-order valence-electron chi connectivity index (χ0n) is 10.5. The van der Waals surface area contributed by atoms with Crippen molar-refractivity contribution in [1.82, 2.24) is 5.32 Å². The zero-order valence-corrected chi connectivity index (χ0v) is 10.5. The van der Waals surface area contributed by atoms with Gasteiger partial charge in [0.2, 0.25) is 0 Å². The van der Waals surface area contributed by atoms with E-state index in [0.29, 0.717) is 0 Å². The van der Waals surface area contributed by atoms with Crippen LogP contribution in [0.15, 0.2) is 40.8 Å². The van der Waals surface area contributed by atoms with Gasteiger partial charge < -0.3 is 9.73 Å². The minimum absolute atomic E-state index is 0.885. The van der Waals surface area contributed by atoms with Gasteiger partial charge >= 0.3 is 0 Å². The average Bonchev–Trinajstić information content (AvgIpc) is 2.65. The highest BCUT2D eigenvalue weighted by atomic mass is 16.3. The molecule has 0 atom stereocenters. The molecule has 0 saturated heterocycles. The third kappa shape index (κ3) is 3.46. The molecule has 0 saturated carbocycles. The van der Waals surface area contributed by atoms with Crippen LogP contribution in [0.25, 0.3) is 0 Å². The summed E-state index contributed by atoms with van der Waals surface area (Å²) < 4.78 is 5.49. The van der Waals surface area contributed by atoms with Crippen LogP contribution < -0.4 is 5.32 Å². The maximum atomic E-state index is 5.49. The summed E-state index contributed by atoms with van der Waals surface area (Å²) in [6.45, 7) is 5.88. The molecule has 2 nitrogen and oxygen atoms in total. The number of benzene rings is 1. The van der Waals surface area contributed by atoms with E-state index < -0.39 is 0 Å². The lowest BCUT2D eigenvalue weighted by atomic mass is 10.1. The Bertz CT molecular complexity index is 459. The first kappa shape index (κ1) is 11.9. The molecule has 0 aliphatic heterocycles. The van der Waals surface area contributed by atoms with Crippen LogP contribution in [-0.2, 0) is 13.0 Å². The van der Waals surface area contributed by atoms with E-state index in [4.69, 9.17) is 4.42 Å². The Labute approximate surface area is 103 Å². The quantitative estimate of drug-likeness (QED) is 0.796. The van der Waals surface area contributed by atoms with Crippen molar-refractivity contribution < 1.29 is 4.42 Å². The third-order valence-corrected chi connectivity index (χ3v) is 2.89. The normalized spacial score (nSPS) is 10.7. The zero-order chi connectivity index (χ0) is 12.1. The molecule has 1 aromatic carbocycles. The van der Waals surface area contributed by atoms with Crippen LogP contribution >= 0.6 is 0 Å². The molecule has 0 unspecified atom stereocenters. The van der Waals surface area contributed by atoms with Gasteiger partial charge in [-0.1, -0.05) is 30.3 Å². The molecule has 2 rings (SSSR count). The smallest absolute Gasteiger partial charge is 0.105 e. The highest BCUT2D eigenvalue weighted by molar-refractivity contribution is 5.20. The highest BCUT2D eigenvalue weighted by Gasteiger charge is 2.03. The van der Waals surface area contributed by atoms with Crippen molar-refractivity contribution in [2.75, 3.05) is 6.54 Å². The maximum Gasteiger partial charge on any atom is 0.105 e. The minimum atomic E-state index is 0.885. The van der Waals surface area contributed by atoms with E-state index in [1.54, 1.807) is 0 Å². The summed E-state index contributed by atoms with van der Waals surface area (Å²) in [4.78, 5) is 0. The number of hydrogen-bond donors (Lipinski definition) is 1. The molecular formula is C15H19NO. The molecule has 17 heavy (non-hydrogen) atoms. The van der Waals surface area contributed by atoms with Gasteiger partial charge in [-0.15, -0.1) is 0 Å². The maximum absolute atomic E-state index is 5.49. The largest absolute Gasteiger partial charge is 0.466 e. The number of rotatable bonds is 5. The first-order valence-electron chi connectivity index (χ1n) is 6.06. The van der Waals surface area contributed by atoms with E-state index in [-0.39, 0.29) is 0 Å². The Morgan fingerprint density at radius 3 is 2.53 bits per heavy atom. The molecule has 1 heterocycles. The van der Waals surface area contributed by atoms with Gasteiger partial charge in [0, 0.05) is 12.1 Å². The van der Waals surface area contributed by atoms with Crippen molar-refractivity contribution in [1.29, 1.82) is 0 Å². The monoisotopic (exact) mass is 229 g/mol. The Morgan fingerprint density at radius 1 is 1.12 bits per heavy atom. The van der Waals surface area contributed by atoms with E-state index in [9.17, 15) is 0 Å². The van der Waals surface area contributed by atoms with Gasteiger partial charge in [-0.25, -0.2) is 0 Å². The van der Waals surface area contributed by atoms with Gasteiger partial charge in [0.1, 0.15) is 11.5 Å². The fraction of sp³-hybridized carbons (Fsp3) is 0.333. The summed E-state index contributed by atoms with van der Waals surface area (Å²) in [7, 11) is 0. The van der Waals surface area contributed by atoms with Crippen molar-refractivity contribution in [3.63, 3.8) is 0 Å². The Kier molecular flexibility index (Phi) is 3.99. The van der Waals surface area contributed by atoms with Crippen molar-refractivity contribution in [3.05, 3.63) is 59.0 Å². The Morgan fingerprint density at radius 2 is 1.88 bits per heavy atom. The number of hydrogen-bond acceptors (Lipinski definition) is 2. The molecular weight excluding hydrogens is 210 g/mol. The van der Waals surface area contributed by atoms with Crippen molar-refractivity contribution >= 4 is 0 Å². The summed E-state index contributed by atoms with van der Waals surface area (Å²) in [6, 6.07) is 12.6. The fourth-order valence-corrected chi connectivity index (χ4v) is 1.96. The third-order valence-electron chi connectivity index (χ3n) is 2.89. The van der Waals surface area contributed by atoms with Crippen molar-refractivity contribution in [2.45, 2.75) is 26.8 Å². The lowest BCUT2D eigenvalue weighted by Crippen LogP contribution is -2.16. The van der Waals surface area contributed by atoms with E-state index in [0.717, 1.165) is 31.0 Å². The SMILES string of the molecule is Cc1cc(CNCCc2ccccc2)c(C)o1. The fourth-order valence-electron chi connectivity index (χ4n) is 1.96. The van der Waals surface area contributed by atoms with E-state index in [2.05, 4.69) is 41.7 Å². The summed E-state index contributed by atoms with van der Waals surface area (Å²) in [5, 5.41) is 3.44. The van der Waals surface area contributed by atoms with Crippen molar-refractivity contribution in [2.24, 2.45) is 0 Å². The second-order valence-corrected chi connectivity index (χ2v) is 4.35. The average molecular weight is 229 g/mol. The van der Waals surface area contributed by atoms with Gasteiger partial charge in [0.05, 0.1) is 0 Å². The molecule has 0 amide bonds. The van der Waals surface area contributed by atoms with Crippen LogP contribution in [-0.4, -0.2) is 6.54 Å². The van der Waals surface area contributed by atoms with Crippen LogP contribution in [0, 0.1) is 13.8 Å². The van der Waals surface area contributed by atoms with Gasteiger partial charge in [-0.05, 0) is 38.4 Å². The van der Waals surface area contributed by atoms with E-state index in [1.165, 1.54) is 11.1 Å². The van der Waals surface area contributed by atoms with Gasteiger partial charge in [0.15, 0.2) is 0 Å². The lowest BCUT2D eigenvalue weighted by Gasteiger charge is -2.03. The summed E-state index contributed by atoms with van der Waals surface area (Å²) in [5.41, 5.74) is 2.63. The van der Waals surface area contributed by atoms with Crippen LogP contribution in [0.3, 0.4) is 0 Å². The summed E-state index contributed by atoms with van der Waals surface area (Å²) >= 11 is 0. The molecule has 0 radical (unpaired) electrons. The molecule has 1 N–H and O–H groups in total. The molecule has 0 spiro atoms. The minimum Gasteiger partial charge on any atom is -0.466 e.